The lowest BCUT2D eigenvalue weighted by Crippen LogP contribution is -2.18. The van der Waals surface area contributed by atoms with E-state index in [0.717, 1.165) is 0 Å². The summed E-state index contributed by atoms with van der Waals surface area (Å²) in [7, 11) is 0. The van der Waals surface area contributed by atoms with Gasteiger partial charge in [0.1, 0.15) is 0 Å². The number of nitrogens with one attached hydrogen (secondary N) is 2. The smallest absolute Gasteiger partial charge is 0.340 e. The quantitative estimate of drug-likeness (QED) is 0.626. The number of amides is 2. The van der Waals surface area contributed by atoms with Crippen molar-refractivity contribution < 1.29 is 19.1 Å². The van der Waals surface area contributed by atoms with Gasteiger partial charge in [-0.1, -0.05) is 30.3 Å². The molecule has 2 N–H and O–H groups in total. The van der Waals surface area contributed by atoms with E-state index < -0.39 is 11.9 Å². The van der Waals surface area contributed by atoms with Crippen molar-refractivity contribution in [3.63, 3.8) is 0 Å². The number of pyridine rings is 1. The van der Waals surface area contributed by atoms with Gasteiger partial charge in [0.15, 0.2) is 0 Å². The van der Waals surface area contributed by atoms with Crippen molar-refractivity contribution in [3.05, 3.63) is 89.7 Å². The van der Waals surface area contributed by atoms with E-state index in [9.17, 15) is 14.4 Å². The Labute approximate surface area is 167 Å². The van der Waals surface area contributed by atoms with Crippen LogP contribution in [0.3, 0.4) is 0 Å². The Morgan fingerprint density at radius 1 is 0.862 bits per heavy atom. The van der Waals surface area contributed by atoms with Crippen LogP contribution in [0.15, 0.2) is 73.1 Å². The maximum atomic E-state index is 12.6. The van der Waals surface area contributed by atoms with Crippen LogP contribution in [0.5, 0.6) is 0 Å². The third kappa shape index (κ3) is 5.04. The molecule has 1 aromatic heterocycles. The minimum atomic E-state index is -0.530. The van der Waals surface area contributed by atoms with Crippen molar-refractivity contribution in [2.45, 2.75) is 6.92 Å². The van der Waals surface area contributed by atoms with Crippen LogP contribution in [-0.2, 0) is 4.74 Å². The largest absolute Gasteiger partial charge is 0.462 e. The second-order valence-corrected chi connectivity index (χ2v) is 6.00. The van der Waals surface area contributed by atoms with Gasteiger partial charge in [-0.2, -0.15) is 0 Å². The summed E-state index contributed by atoms with van der Waals surface area (Å²) >= 11 is 0. The molecule has 0 atom stereocenters. The maximum Gasteiger partial charge on any atom is 0.340 e. The van der Waals surface area contributed by atoms with Gasteiger partial charge >= 0.3 is 5.97 Å². The van der Waals surface area contributed by atoms with E-state index in [2.05, 4.69) is 15.6 Å². The lowest BCUT2D eigenvalue weighted by Gasteiger charge is -2.11. The summed E-state index contributed by atoms with van der Waals surface area (Å²) in [6.07, 6.45) is 2.73. The van der Waals surface area contributed by atoms with Gasteiger partial charge in [0.2, 0.25) is 0 Å². The standard InChI is InChI=1S/C22H19N3O4/c1-2-29-22(28)18-10-6-7-11-19(18)25-21(27)16-12-15(13-23-14-16)20(26)24-17-8-4-3-5-9-17/h3-14H,2H2,1H3,(H,24,26)(H,25,27). The minimum Gasteiger partial charge on any atom is -0.462 e. The highest BCUT2D eigenvalue weighted by Crippen LogP contribution is 2.18. The van der Waals surface area contributed by atoms with Gasteiger partial charge in [-0.3, -0.25) is 14.6 Å². The molecule has 7 heteroatoms. The van der Waals surface area contributed by atoms with Crippen molar-refractivity contribution in [2.75, 3.05) is 17.2 Å². The molecule has 2 aromatic carbocycles. The van der Waals surface area contributed by atoms with Gasteiger partial charge in [0, 0.05) is 18.1 Å². The first-order valence-corrected chi connectivity index (χ1v) is 8.97. The number of ether oxygens (including phenoxy) is 1. The average molecular weight is 389 g/mol. The molecule has 0 aliphatic heterocycles. The molecule has 0 aliphatic carbocycles. The highest BCUT2D eigenvalue weighted by Gasteiger charge is 2.16. The van der Waals surface area contributed by atoms with Gasteiger partial charge in [-0.05, 0) is 37.3 Å². The molecule has 0 aliphatic rings. The van der Waals surface area contributed by atoms with Gasteiger partial charge in [0.05, 0.1) is 29.0 Å². The molecule has 3 aromatic rings. The Kier molecular flexibility index (Phi) is 6.32. The van der Waals surface area contributed by atoms with Crippen LogP contribution < -0.4 is 10.6 Å². The van der Waals surface area contributed by atoms with Gasteiger partial charge in [-0.25, -0.2) is 4.79 Å². The maximum absolute atomic E-state index is 12.6. The molecular weight excluding hydrogens is 370 g/mol. The normalized spacial score (nSPS) is 10.1. The number of carbonyl (C=O) groups is 3. The number of anilines is 2. The van der Waals surface area contributed by atoms with Crippen LogP contribution in [0.1, 0.15) is 38.0 Å². The van der Waals surface area contributed by atoms with E-state index in [1.807, 2.05) is 6.07 Å². The Bertz CT molecular complexity index is 1030. The van der Waals surface area contributed by atoms with E-state index in [1.165, 1.54) is 18.5 Å². The average Bonchev–Trinajstić information content (AvgIpc) is 2.75. The fourth-order valence-corrected chi connectivity index (χ4v) is 2.59. The Hall–Kier alpha value is -4.00. The van der Waals surface area contributed by atoms with E-state index in [4.69, 9.17) is 4.74 Å². The molecule has 0 unspecified atom stereocenters. The van der Waals surface area contributed by atoms with Crippen LogP contribution in [0.4, 0.5) is 11.4 Å². The van der Waals surface area contributed by atoms with E-state index >= 15 is 0 Å². The van der Waals surface area contributed by atoms with Crippen molar-refractivity contribution in [2.24, 2.45) is 0 Å². The molecule has 0 saturated heterocycles. The predicted octanol–water partition coefficient (Wildman–Crippen LogP) is 3.76. The molecule has 146 valence electrons. The molecular formula is C22H19N3O4. The topological polar surface area (TPSA) is 97.4 Å². The van der Waals surface area contributed by atoms with Gasteiger partial charge in [0.25, 0.3) is 11.8 Å². The third-order valence-corrected chi connectivity index (χ3v) is 3.96. The van der Waals surface area contributed by atoms with Crippen LogP contribution in [-0.4, -0.2) is 29.4 Å². The first kappa shape index (κ1) is 19.8. The molecule has 2 amide bonds. The number of hydrogen-bond acceptors (Lipinski definition) is 5. The summed E-state index contributed by atoms with van der Waals surface area (Å²) in [5.74, 6) is -1.41. The lowest BCUT2D eigenvalue weighted by molar-refractivity contribution is 0.0527. The highest BCUT2D eigenvalue weighted by molar-refractivity contribution is 6.10. The molecule has 0 fully saturated rings. The van der Waals surface area contributed by atoms with E-state index in [1.54, 1.807) is 55.5 Å². The molecule has 0 spiro atoms. The monoisotopic (exact) mass is 389 g/mol. The zero-order valence-electron chi connectivity index (χ0n) is 15.7. The summed E-state index contributed by atoms with van der Waals surface area (Å²) in [5.41, 5.74) is 1.61. The zero-order chi connectivity index (χ0) is 20.6. The minimum absolute atomic E-state index is 0.185. The SMILES string of the molecule is CCOC(=O)c1ccccc1NC(=O)c1cncc(C(=O)Nc2ccccc2)c1. The first-order chi connectivity index (χ1) is 14.1. The van der Waals surface area contributed by atoms with Gasteiger partial charge < -0.3 is 15.4 Å². The lowest BCUT2D eigenvalue weighted by atomic mass is 10.1. The highest BCUT2D eigenvalue weighted by atomic mass is 16.5. The number of carbonyl (C=O) groups excluding carboxylic acids is 3. The molecule has 1 heterocycles. The second kappa shape index (κ2) is 9.27. The second-order valence-electron chi connectivity index (χ2n) is 6.00. The predicted molar refractivity (Wildman–Crippen MR) is 109 cm³/mol. The number of hydrogen-bond donors (Lipinski definition) is 2. The van der Waals surface area contributed by atoms with Crippen molar-refractivity contribution in [1.29, 1.82) is 0 Å². The summed E-state index contributed by atoms with van der Waals surface area (Å²) in [6.45, 7) is 1.93. The number of rotatable bonds is 6. The molecule has 0 bridgehead atoms. The van der Waals surface area contributed by atoms with Crippen LogP contribution in [0.2, 0.25) is 0 Å². The van der Waals surface area contributed by atoms with Crippen molar-refractivity contribution >= 4 is 29.2 Å². The van der Waals surface area contributed by atoms with Gasteiger partial charge in [-0.15, -0.1) is 0 Å². The summed E-state index contributed by atoms with van der Waals surface area (Å²) in [6, 6.07) is 16.9. The van der Waals surface area contributed by atoms with Crippen molar-refractivity contribution in [1.82, 2.24) is 4.98 Å². The fraction of sp³-hybridized carbons (Fsp3) is 0.0909. The number of aromatic nitrogens is 1. The number of nitrogens with zero attached hydrogens (tertiary/aromatic N) is 1. The molecule has 3 rings (SSSR count). The number of benzene rings is 2. The Balaban J connectivity index is 1.77. The van der Waals surface area contributed by atoms with Crippen LogP contribution in [0, 0.1) is 0 Å². The van der Waals surface area contributed by atoms with Crippen LogP contribution >= 0.6 is 0 Å². The molecule has 7 nitrogen and oxygen atoms in total. The Morgan fingerprint density at radius 2 is 1.48 bits per heavy atom. The molecule has 29 heavy (non-hydrogen) atoms. The fourth-order valence-electron chi connectivity index (χ4n) is 2.59. The third-order valence-electron chi connectivity index (χ3n) is 3.96. The van der Waals surface area contributed by atoms with Crippen molar-refractivity contribution in [3.8, 4) is 0 Å². The van der Waals surface area contributed by atoms with E-state index in [0.29, 0.717) is 11.4 Å². The summed E-state index contributed by atoms with van der Waals surface area (Å²) < 4.78 is 5.01. The van der Waals surface area contributed by atoms with Crippen LogP contribution in [0.25, 0.3) is 0 Å². The first-order valence-electron chi connectivity index (χ1n) is 8.97. The van der Waals surface area contributed by atoms with E-state index in [-0.39, 0.29) is 29.2 Å². The Morgan fingerprint density at radius 3 is 2.17 bits per heavy atom. The number of para-hydroxylation sites is 2. The summed E-state index contributed by atoms with van der Waals surface area (Å²) in [4.78, 5) is 41.1. The molecule has 0 saturated carbocycles. The summed E-state index contributed by atoms with van der Waals surface area (Å²) in [5, 5.41) is 5.41. The number of esters is 1. The molecule has 0 radical (unpaired) electrons. The zero-order valence-corrected chi connectivity index (χ0v) is 15.7.